The summed E-state index contributed by atoms with van der Waals surface area (Å²) in [6, 6.07) is 4.91. The third kappa shape index (κ3) is 4.82. The average molecular weight is 489 g/mol. The van der Waals surface area contributed by atoms with E-state index in [1.165, 1.54) is 31.2 Å². The summed E-state index contributed by atoms with van der Waals surface area (Å²) in [6.45, 7) is 1.60. The van der Waals surface area contributed by atoms with E-state index in [0.29, 0.717) is 0 Å². The molecule has 1 aromatic heterocycles. The topological polar surface area (TPSA) is 98.8 Å². The van der Waals surface area contributed by atoms with Crippen LogP contribution in [0.3, 0.4) is 0 Å². The molecule has 3 N–H and O–H groups in total. The molecule has 7 nitrogen and oxygen atoms in total. The van der Waals surface area contributed by atoms with Crippen LogP contribution in [0.15, 0.2) is 35.5 Å². The molecule has 0 saturated carbocycles. The van der Waals surface area contributed by atoms with E-state index in [-0.39, 0.29) is 33.3 Å². The number of hydrogen-bond donors (Lipinski definition) is 2. The molecule has 0 aliphatic carbocycles. The zero-order valence-corrected chi connectivity index (χ0v) is 18.5. The number of pyridine rings is 1. The number of aryl methyl sites for hydroxylation is 1. The Bertz CT molecular complexity index is 1090. The predicted molar refractivity (Wildman–Crippen MR) is 114 cm³/mol. The van der Waals surface area contributed by atoms with Crippen LogP contribution in [-0.4, -0.2) is 36.1 Å². The lowest BCUT2D eigenvalue weighted by atomic mass is 9.76. The number of anilines is 1. The van der Waals surface area contributed by atoms with Gasteiger partial charge in [-0.2, -0.15) is 8.78 Å². The molecule has 3 atom stereocenters. The lowest BCUT2D eigenvalue weighted by molar-refractivity contribution is -0.0501. The monoisotopic (exact) mass is 488 g/mol. The first kappa shape index (κ1) is 24.6. The normalized spacial score (nSPS) is 22.7. The van der Waals surface area contributed by atoms with Gasteiger partial charge in [-0.05, 0) is 43.7 Å². The van der Waals surface area contributed by atoms with E-state index in [9.17, 15) is 22.4 Å². The van der Waals surface area contributed by atoms with Gasteiger partial charge in [-0.1, -0.05) is 18.5 Å². The third-order valence-corrected chi connectivity index (χ3v) is 5.81. The predicted octanol–water partition coefficient (Wildman–Crippen LogP) is 4.73. The van der Waals surface area contributed by atoms with Crippen LogP contribution in [0.2, 0.25) is 5.02 Å². The maximum Gasteiger partial charge on any atom is 0.387 e. The van der Waals surface area contributed by atoms with Gasteiger partial charge in [0.05, 0.1) is 6.20 Å². The van der Waals surface area contributed by atoms with Gasteiger partial charge in [0.25, 0.3) is 18.4 Å². The van der Waals surface area contributed by atoms with Crippen molar-refractivity contribution in [2.75, 3.05) is 5.32 Å². The highest BCUT2D eigenvalue weighted by Crippen LogP contribution is 2.47. The molecule has 12 heteroatoms. The number of hydrogen-bond acceptors (Lipinski definition) is 6. The van der Waals surface area contributed by atoms with Crippen LogP contribution in [0.5, 0.6) is 5.75 Å². The fourth-order valence-corrected chi connectivity index (χ4v) is 3.95. The van der Waals surface area contributed by atoms with E-state index in [0.717, 1.165) is 6.20 Å². The number of nitrogens with one attached hydrogen (secondary N) is 1. The van der Waals surface area contributed by atoms with Crippen LogP contribution in [0.4, 0.5) is 23.2 Å². The van der Waals surface area contributed by atoms with Gasteiger partial charge >= 0.3 is 6.61 Å². The van der Waals surface area contributed by atoms with Crippen molar-refractivity contribution in [3.63, 3.8) is 0 Å². The maximum atomic E-state index is 14.4. The Kier molecular flexibility index (Phi) is 7.01. The van der Waals surface area contributed by atoms with Crippen molar-refractivity contribution < 1.29 is 31.8 Å². The van der Waals surface area contributed by atoms with E-state index >= 15 is 0 Å². The molecule has 1 aliphatic rings. The zero-order valence-electron chi connectivity index (χ0n) is 17.8. The highest BCUT2D eigenvalue weighted by Gasteiger charge is 2.53. The number of carbonyl (C=O) groups excluding carboxylic acids is 1. The van der Waals surface area contributed by atoms with Gasteiger partial charge < -0.3 is 20.5 Å². The van der Waals surface area contributed by atoms with Crippen molar-refractivity contribution in [1.29, 1.82) is 0 Å². The first-order valence-corrected chi connectivity index (χ1v) is 10.2. The van der Waals surface area contributed by atoms with Crippen LogP contribution in [0, 0.1) is 12.8 Å². The molecule has 2 aromatic rings. The number of aliphatic imine (C=N–C) groups is 1. The number of amides is 1. The second-order valence-electron chi connectivity index (χ2n) is 7.55. The fourth-order valence-electron chi connectivity index (χ4n) is 3.69. The van der Waals surface area contributed by atoms with Crippen molar-refractivity contribution >= 4 is 29.2 Å². The van der Waals surface area contributed by atoms with Crippen molar-refractivity contribution in [3.8, 4) is 5.75 Å². The molecule has 0 fully saturated rings. The molecule has 3 rings (SSSR count). The molecular weight excluding hydrogens is 468 g/mol. The molecule has 0 saturated heterocycles. The van der Waals surface area contributed by atoms with Crippen LogP contribution in [-0.2, 0) is 10.3 Å². The first-order valence-electron chi connectivity index (χ1n) is 9.78. The summed E-state index contributed by atoms with van der Waals surface area (Å²) in [4.78, 5) is 20.5. The molecule has 1 unspecified atom stereocenters. The number of alkyl halides is 4. The van der Waals surface area contributed by atoms with E-state index in [1.54, 1.807) is 13.8 Å². The van der Waals surface area contributed by atoms with Gasteiger partial charge in [-0.15, -0.1) is 0 Å². The van der Waals surface area contributed by atoms with Gasteiger partial charge in [-0.25, -0.2) is 18.8 Å². The standard InChI is InChI=1S/C21H21ClF4N4O3/c1-9-6-13(33-19(25)26)8-28-16(9)17(31)29-12-4-5-15(22)14(7-12)21(18(23)24)10(2)11(3)32-20(27)30-21/h4-8,10-11,18-19H,1-3H3,(H2,27,30)(H,29,31)/t10-,11?,21-/m1/s1. The summed E-state index contributed by atoms with van der Waals surface area (Å²) in [7, 11) is 0. The molecule has 178 valence electrons. The Hall–Kier alpha value is -3.08. The molecular formula is C21H21ClF4N4O3. The lowest BCUT2D eigenvalue weighted by Crippen LogP contribution is -2.51. The number of halogens is 5. The summed E-state index contributed by atoms with van der Waals surface area (Å²) >= 11 is 6.28. The summed E-state index contributed by atoms with van der Waals surface area (Å²) < 4.78 is 63.2. The largest absolute Gasteiger partial charge is 0.462 e. The molecule has 0 radical (unpaired) electrons. The highest BCUT2D eigenvalue weighted by molar-refractivity contribution is 6.31. The SMILES string of the molecule is Cc1cc(OC(F)F)cnc1C(=O)Nc1ccc(Cl)c([C@]2(C(F)F)N=C(N)OC(C)[C@H]2C)c1. The summed E-state index contributed by atoms with van der Waals surface area (Å²) in [6.07, 6.45) is -2.67. The van der Waals surface area contributed by atoms with Crippen molar-refractivity contribution in [2.45, 2.75) is 45.5 Å². The van der Waals surface area contributed by atoms with Crippen LogP contribution in [0.1, 0.15) is 35.5 Å². The van der Waals surface area contributed by atoms with E-state index in [4.69, 9.17) is 22.1 Å². The molecule has 1 amide bonds. The summed E-state index contributed by atoms with van der Waals surface area (Å²) in [5, 5.41) is 2.56. The van der Waals surface area contributed by atoms with Gasteiger partial charge in [0, 0.05) is 22.2 Å². The van der Waals surface area contributed by atoms with Gasteiger partial charge in [0.1, 0.15) is 17.5 Å². The minimum atomic E-state index is -3.03. The van der Waals surface area contributed by atoms with Crippen molar-refractivity contribution in [3.05, 3.63) is 52.3 Å². The Balaban J connectivity index is 1.96. The van der Waals surface area contributed by atoms with Crippen molar-refractivity contribution in [1.82, 2.24) is 4.98 Å². The molecule has 1 aliphatic heterocycles. The van der Waals surface area contributed by atoms with Gasteiger partial charge in [0.2, 0.25) is 0 Å². The third-order valence-electron chi connectivity index (χ3n) is 5.48. The van der Waals surface area contributed by atoms with Crippen molar-refractivity contribution in [2.24, 2.45) is 16.6 Å². The van der Waals surface area contributed by atoms with Crippen LogP contribution < -0.4 is 15.8 Å². The number of ether oxygens (including phenoxy) is 2. The Morgan fingerprint density at radius 1 is 1.27 bits per heavy atom. The Morgan fingerprint density at radius 2 is 1.97 bits per heavy atom. The number of carbonyl (C=O) groups is 1. The number of benzene rings is 1. The van der Waals surface area contributed by atoms with Gasteiger partial charge in [0.15, 0.2) is 5.54 Å². The number of rotatable bonds is 6. The van der Waals surface area contributed by atoms with E-state index < -0.39 is 42.5 Å². The summed E-state index contributed by atoms with van der Waals surface area (Å²) in [5.74, 6) is -1.70. The maximum absolute atomic E-state index is 14.4. The Morgan fingerprint density at radius 3 is 2.58 bits per heavy atom. The quantitative estimate of drug-likeness (QED) is 0.573. The minimum Gasteiger partial charge on any atom is -0.462 e. The highest BCUT2D eigenvalue weighted by atomic mass is 35.5. The Labute approximate surface area is 191 Å². The number of aromatic nitrogens is 1. The molecule has 1 aromatic carbocycles. The molecule has 0 bridgehead atoms. The van der Waals surface area contributed by atoms with E-state index in [2.05, 4.69) is 20.0 Å². The fraction of sp³-hybridized carbons (Fsp3) is 0.381. The molecule has 2 heterocycles. The zero-order chi connectivity index (χ0) is 24.5. The molecule has 0 spiro atoms. The number of nitrogens with two attached hydrogens (primary N) is 1. The average Bonchev–Trinajstić information content (AvgIpc) is 2.71. The summed E-state index contributed by atoms with van der Waals surface area (Å²) in [5.41, 5.74) is 3.88. The van der Waals surface area contributed by atoms with E-state index in [1.807, 2.05) is 0 Å². The van der Waals surface area contributed by atoms with Gasteiger partial charge in [-0.3, -0.25) is 4.79 Å². The second-order valence-corrected chi connectivity index (χ2v) is 7.96. The second kappa shape index (κ2) is 9.42. The lowest BCUT2D eigenvalue weighted by Gasteiger charge is -2.42. The number of nitrogens with zero attached hydrogens (tertiary/aromatic N) is 2. The minimum absolute atomic E-state index is 0.00797. The molecule has 33 heavy (non-hydrogen) atoms. The number of amidine groups is 1. The van der Waals surface area contributed by atoms with Crippen LogP contribution >= 0.6 is 11.6 Å². The van der Waals surface area contributed by atoms with Crippen LogP contribution in [0.25, 0.3) is 0 Å². The first-order chi connectivity index (χ1) is 15.5. The smallest absolute Gasteiger partial charge is 0.387 e.